The number of quaternary nitrogens is 1. The van der Waals surface area contributed by atoms with E-state index in [0.717, 1.165) is 96.3 Å². The van der Waals surface area contributed by atoms with E-state index in [-0.39, 0.29) is 31.5 Å². The topological polar surface area (TPSA) is 111 Å². The molecule has 2 N–H and O–H groups in total. The Morgan fingerprint density at radius 3 is 1.16 bits per heavy atom. The summed E-state index contributed by atoms with van der Waals surface area (Å²) < 4.78 is 30.8. The van der Waals surface area contributed by atoms with E-state index in [2.05, 4.69) is 99.0 Å². The zero-order valence-electron chi connectivity index (χ0n) is 53.1. The normalized spacial score (nSPS) is 14.1. The first kappa shape index (κ1) is 77.2. The molecule has 1 amide bonds. The molecule has 0 radical (unpaired) electrons. The van der Waals surface area contributed by atoms with Gasteiger partial charge >= 0.3 is 13.8 Å². The van der Waals surface area contributed by atoms with E-state index in [4.69, 9.17) is 13.8 Å². The highest BCUT2D eigenvalue weighted by Gasteiger charge is 2.30. The number of carbonyl (C=O) groups excluding carboxylic acids is 2. The number of unbranched alkanes of at least 4 members (excludes halogenated alkanes) is 32. The van der Waals surface area contributed by atoms with Gasteiger partial charge in [0.25, 0.3) is 0 Å². The molecule has 464 valence electrons. The third-order valence-corrected chi connectivity index (χ3v) is 15.5. The summed E-state index contributed by atoms with van der Waals surface area (Å²) in [5, 5.41) is 3.06. The zero-order chi connectivity index (χ0) is 58.6. The second-order valence-corrected chi connectivity index (χ2v) is 25.1. The van der Waals surface area contributed by atoms with Crippen molar-refractivity contribution < 1.29 is 37.3 Å². The second kappa shape index (κ2) is 59.4. The van der Waals surface area contributed by atoms with Crippen LogP contribution in [0.1, 0.15) is 297 Å². The van der Waals surface area contributed by atoms with E-state index in [1.807, 2.05) is 33.3 Å². The Hall–Kier alpha value is -2.81. The number of amides is 1. The lowest BCUT2D eigenvalue weighted by Gasteiger charge is -2.27. The van der Waals surface area contributed by atoms with E-state index in [0.29, 0.717) is 17.4 Å². The second-order valence-electron chi connectivity index (χ2n) is 23.6. The Labute approximate surface area is 495 Å². The van der Waals surface area contributed by atoms with Gasteiger partial charge in [0, 0.05) is 12.8 Å². The predicted molar refractivity (Wildman–Crippen MR) is 346 cm³/mol. The molecule has 0 heterocycles. The van der Waals surface area contributed by atoms with Crippen molar-refractivity contribution in [3.8, 4) is 0 Å². The van der Waals surface area contributed by atoms with Gasteiger partial charge in [0.15, 0.2) is 0 Å². The van der Waals surface area contributed by atoms with Crippen LogP contribution in [0, 0.1) is 0 Å². The molecule has 0 spiro atoms. The van der Waals surface area contributed by atoms with E-state index >= 15 is 0 Å². The van der Waals surface area contributed by atoms with Gasteiger partial charge in [0.1, 0.15) is 19.3 Å². The maximum atomic E-state index is 13.6. The van der Waals surface area contributed by atoms with Crippen molar-refractivity contribution >= 4 is 19.7 Å². The molecule has 0 bridgehead atoms. The number of phosphoric acid groups is 1. The van der Waals surface area contributed by atoms with Crippen LogP contribution in [0.2, 0.25) is 0 Å². The van der Waals surface area contributed by atoms with Crippen LogP contribution in [-0.4, -0.2) is 74.3 Å². The maximum absolute atomic E-state index is 13.6. The van der Waals surface area contributed by atoms with Gasteiger partial charge in [-0.15, -0.1) is 0 Å². The Kier molecular flexibility index (Phi) is 57.3. The standard InChI is InChI=1S/C70H127N2O7P/c1-7-10-13-16-19-22-25-28-30-32-34-35-36-37-39-40-42-44-47-50-53-56-59-62-69(73)71-67(66-78-80(75,76)77-65-64-72(4,5)6)68(61-58-55-52-49-46-27-24-21-18-15-12-9-3)79-70(74)63-60-57-54-51-48-45-43-41-38-33-31-29-26-23-20-17-14-11-8-2/h19-20,22-23,28-31,34-35,37,39,58,61,67-68H,7-18,21,24-27,32-33,36,38,40-57,59-60,62-66H2,1-6H3,(H-,71,73,75,76)/p+1/b22-19-,23-20-,30-28-,31-29-,35-34-,39-37-,61-58-. The summed E-state index contributed by atoms with van der Waals surface area (Å²) >= 11 is 0. The van der Waals surface area contributed by atoms with Crippen LogP contribution in [-0.2, 0) is 27.9 Å². The third-order valence-electron chi connectivity index (χ3n) is 14.6. The number of nitrogens with zero attached hydrogens (tertiary/aromatic N) is 1. The van der Waals surface area contributed by atoms with Crippen LogP contribution in [0.15, 0.2) is 85.1 Å². The summed E-state index contributed by atoms with van der Waals surface area (Å²) in [5.41, 5.74) is 0. The molecule has 0 rings (SSSR count). The van der Waals surface area contributed by atoms with Gasteiger partial charge in [-0.25, -0.2) is 4.57 Å². The molecule has 0 aliphatic rings. The first-order valence-corrected chi connectivity index (χ1v) is 34.9. The van der Waals surface area contributed by atoms with Gasteiger partial charge in [-0.05, 0) is 109 Å². The van der Waals surface area contributed by atoms with Crippen molar-refractivity contribution in [2.24, 2.45) is 0 Å². The molecule has 0 saturated carbocycles. The molecule has 10 heteroatoms. The molecule has 0 aromatic heterocycles. The highest BCUT2D eigenvalue weighted by Crippen LogP contribution is 2.43. The van der Waals surface area contributed by atoms with E-state index < -0.39 is 20.0 Å². The number of esters is 1. The predicted octanol–water partition coefficient (Wildman–Crippen LogP) is 21.0. The summed E-state index contributed by atoms with van der Waals surface area (Å²) in [5.74, 6) is -0.519. The summed E-state index contributed by atoms with van der Waals surface area (Å²) in [6, 6.07) is -0.860. The van der Waals surface area contributed by atoms with Crippen LogP contribution in [0.25, 0.3) is 0 Å². The fourth-order valence-corrected chi connectivity index (χ4v) is 10.1. The van der Waals surface area contributed by atoms with Crippen molar-refractivity contribution in [3.63, 3.8) is 0 Å². The number of phosphoric ester groups is 1. The molecule has 3 unspecified atom stereocenters. The van der Waals surface area contributed by atoms with Crippen LogP contribution in [0.5, 0.6) is 0 Å². The molecular formula is C70H128N2O7P+. The van der Waals surface area contributed by atoms with Gasteiger partial charge < -0.3 is 19.4 Å². The third kappa shape index (κ3) is 59.8. The van der Waals surface area contributed by atoms with Gasteiger partial charge in [0.2, 0.25) is 5.91 Å². The lowest BCUT2D eigenvalue weighted by molar-refractivity contribution is -0.870. The molecule has 0 saturated heterocycles. The Morgan fingerprint density at radius 1 is 0.438 bits per heavy atom. The van der Waals surface area contributed by atoms with Crippen molar-refractivity contribution in [1.29, 1.82) is 0 Å². The summed E-state index contributed by atoms with van der Waals surface area (Å²) in [6.07, 6.45) is 78.6. The van der Waals surface area contributed by atoms with Crippen LogP contribution in [0.3, 0.4) is 0 Å². The minimum Gasteiger partial charge on any atom is -0.456 e. The number of likely N-dealkylation sites (N-methyl/N-ethyl adjacent to an activating group) is 1. The Bertz CT molecular complexity index is 1640. The van der Waals surface area contributed by atoms with Crippen LogP contribution < -0.4 is 5.32 Å². The number of carbonyl (C=O) groups is 2. The van der Waals surface area contributed by atoms with Gasteiger partial charge in [0.05, 0.1) is 33.8 Å². The number of ether oxygens (including phenoxy) is 1. The SMILES string of the molecule is CCCCC/C=C\C/C=C\C/C=C\C/C=C\CCCCCCCCCC(=O)NC(COP(=O)(O)OCC[N+](C)(C)C)C(/C=C\CCCCCCCCCCCC)OC(=O)CCCCCCCCCCC/C=C\C/C=C\CCCCC. The van der Waals surface area contributed by atoms with Crippen molar-refractivity contribution in [2.45, 2.75) is 309 Å². The van der Waals surface area contributed by atoms with Crippen LogP contribution in [0.4, 0.5) is 0 Å². The van der Waals surface area contributed by atoms with Crippen molar-refractivity contribution in [3.05, 3.63) is 85.1 Å². The molecular weight excluding hydrogens is 1010 g/mol. The van der Waals surface area contributed by atoms with Gasteiger partial charge in [-0.1, -0.05) is 260 Å². The Morgan fingerprint density at radius 2 is 0.762 bits per heavy atom. The quantitative estimate of drug-likeness (QED) is 0.0205. The highest BCUT2D eigenvalue weighted by atomic mass is 31.2. The summed E-state index contributed by atoms with van der Waals surface area (Å²) in [6.45, 7) is 6.96. The number of hydrogen-bond acceptors (Lipinski definition) is 6. The molecule has 0 aliphatic heterocycles. The van der Waals surface area contributed by atoms with Crippen molar-refractivity contribution in [2.75, 3.05) is 40.9 Å². The van der Waals surface area contributed by atoms with Gasteiger partial charge in [-0.2, -0.15) is 0 Å². The van der Waals surface area contributed by atoms with E-state index in [9.17, 15) is 19.0 Å². The largest absolute Gasteiger partial charge is 0.472 e. The minimum atomic E-state index is -4.46. The fourth-order valence-electron chi connectivity index (χ4n) is 9.37. The molecule has 80 heavy (non-hydrogen) atoms. The zero-order valence-corrected chi connectivity index (χ0v) is 54.0. The molecule has 3 atom stereocenters. The first-order chi connectivity index (χ1) is 38.9. The monoisotopic (exact) mass is 1140 g/mol. The number of allylic oxidation sites excluding steroid dienone is 13. The average molecular weight is 1140 g/mol. The van der Waals surface area contributed by atoms with Crippen LogP contribution >= 0.6 is 7.82 Å². The fraction of sp³-hybridized carbons (Fsp3) is 0.771. The van der Waals surface area contributed by atoms with Gasteiger partial charge in [-0.3, -0.25) is 18.6 Å². The van der Waals surface area contributed by atoms with E-state index in [1.165, 1.54) is 167 Å². The number of rotatable bonds is 60. The summed E-state index contributed by atoms with van der Waals surface area (Å²) in [4.78, 5) is 37.8. The smallest absolute Gasteiger partial charge is 0.456 e. The molecule has 0 fully saturated rings. The number of hydrogen-bond donors (Lipinski definition) is 2. The van der Waals surface area contributed by atoms with E-state index in [1.54, 1.807) is 0 Å². The Balaban J connectivity index is 5.20. The molecule has 0 aromatic carbocycles. The minimum absolute atomic E-state index is 0.0342. The lowest BCUT2D eigenvalue weighted by Crippen LogP contribution is -2.47. The molecule has 0 aliphatic carbocycles. The molecule has 9 nitrogen and oxygen atoms in total. The average Bonchev–Trinajstić information content (AvgIpc) is 3.42. The maximum Gasteiger partial charge on any atom is 0.472 e. The highest BCUT2D eigenvalue weighted by molar-refractivity contribution is 7.47. The first-order valence-electron chi connectivity index (χ1n) is 33.4. The number of nitrogens with one attached hydrogen (secondary N) is 1. The lowest BCUT2D eigenvalue weighted by atomic mass is 10.0. The summed E-state index contributed by atoms with van der Waals surface area (Å²) in [7, 11) is 1.48. The van der Waals surface area contributed by atoms with Crippen molar-refractivity contribution in [1.82, 2.24) is 5.32 Å². The molecule has 0 aromatic rings.